The number of nitrogens with zero attached hydrogens (tertiary/aromatic N) is 1. The lowest BCUT2D eigenvalue weighted by molar-refractivity contribution is 1.46. The molecule has 0 fully saturated rings. The molecular formula is C11H12N. The van der Waals surface area contributed by atoms with E-state index in [9.17, 15) is 0 Å². The lowest BCUT2D eigenvalue weighted by Gasteiger charge is -2.01. The minimum atomic E-state index is 0.971. The van der Waals surface area contributed by atoms with Gasteiger partial charge in [-0.05, 0) is 19.1 Å². The molecule has 12 heavy (non-hydrogen) atoms. The number of hydrogen-bond acceptors (Lipinski definition) is 1. The number of allylic oxidation sites excluding steroid dienone is 6. The van der Waals surface area contributed by atoms with Crippen molar-refractivity contribution in [1.82, 2.24) is 0 Å². The van der Waals surface area contributed by atoms with Gasteiger partial charge in [0, 0.05) is 18.3 Å². The molecule has 1 aliphatic rings. The van der Waals surface area contributed by atoms with Crippen molar-refractivity contribution in [3.63, 3.8) is 0 Å². The molecule has 0 saturated carbocycles. The Hall–Kier alpha value is -1.37. The van der Waals surface area contributed by atoms with Gasteiger partial charge in [0.2, 0.25) is 0 Å². The highest BCUT2D eigenvalue weighted by atomic mass is 14.7. The fraction of sp³-hybridized carbons (Fsp3) is 0.0909. The summed E-state index contributed by atoms with van der Waals surface area (Å²) in [5.41, 5.74) is 2.22. The third-order valence-electron chi connectivity index (χ3n) is 1.48. The van der Waals surface area contributed by atoms with Crippen LogP contribution < -0.4 is 0 Å². The molecule has 1 radical (unpaired) electrons. The molecule has 0 heterocycles. The summed E-state index contributed by atoms with van der Waals surface area (Å²) in [6.45, 7) is 5.62. The van der Waals surface area contributed by atoms with E-state index in [1.165, 1.54) is 5.57 Å². The van der Waals surface area contributed by atoms with Crippen molar-refractivity contribution in [1.29, 1.82) is 0 Å². The number of rotatable bonds is 2. The molecule has 61 valence electrons. The van der Waals surface area contributed by atoms with E-state index in [-0.39, 0.29) is 0 Å². The summed E-state index contributed by atoms with van der Waals surface area (Å²) in [6.07, 6.45) is 13.3. The van der Waals surface area contributed by atoms with Crippen LogP contribution in [0.25, 0.3) is 0 Å². The molecule has 0 N–H and O–H groups in total. The first-order valence-corrected chi connectivity index (χ1v) is 3.88. The van der Waals surface area contributed by atoms with E-state index in [0.717, 1.165) is 5.71 Å². The smallest absolute Gasteiger partial charge is 0.0482 e. The van der Waals surface area contributed by atoms with Gasteiger partial charge in [0.25, 0.3) is 0 Å². The fourth-order valence-corrected chi connectivity index (χ4v) is 0.821. The SMILES string of the molecule is C=C/C=C\N=C1[CH]C=C(C)C=C1. The van der Waals surface area contributed by atoms with Gasteiger partial charge in [0.05, 0.1) is 0 Å². The predicted octanol–water partition coefficient (Wildman–Crippen LogP) is 2.85. The first-order valence-electron chi connectivity index (χ1n) is 3.88. The molecule has 0 amide bonds. The van der Waals surface area contributed by atoms with E-state index in [1.54, 1.807) is 18.4 Å². The van der Waals surface area contributed by atoms with Gasteiger partial charge >= 0.3 is 0 Å². The molecule has 1 heteroatoms. The van der Waals surface area contributed by atoms with E-state index in [0.29, 0.717) is 0 Å². The van der Waals surface area contributed by atoms with Gasteiger partial charge in [-0.25, -0.2) is 0 Å². The predicted molar refractivity (Wildman–Crippen MR) is 54.0 cm³/mol. The second kappa shape index (κ2) is 4.50. The van der Waals surface area contributed by atoms with E-state index in [2.05, 4.69) is 18.5 Å². The van der Waals surface area contributed by atoms with Crippen LogP contribution in [0.5, 0.6) is 0 Å². The molecule has 0 aromatic carbocycles. The monoisotopic (exact) mass is 158 g/mol. The van der Waals surface area contributed by atoms with Crippen LogP contribution in [0.1, 0.15) is 6.92 Å². The molecule has 1 rings (SSSR count). The van der Waals surface area contributed by atoms with Crippen LogP contribution in [-0.4, -0.2) is 5.71 Å². The Kier molecular flexibility index (Phi) is 3.27. The van der Waals surface area contributed by atoms with Gasteiger partial charge in [0.1, 0.15) is 0 Å². The zero-order valence-electron chi connectivity index (χ0n) is 7.20. The molecule has 0 bridgehead atoms. The molecule has 0 saturated heterocycles. The summed E-state index contributed by atoms with van der Waals surface area (Å²) in [6, 6.07) is 0. The number of aliphatic imine (C=N–C) groups is 1. The summed E-state index contributed by atoms with van der Waals surface area (Å²) in [4.78, 5) is 4.19. The van der Waals surface area contributed by atoms with Crippen molar-refractivity contribution in [3.8, 4) is 0 Å². The van der Waals surface area contributed by atoms with Gasteiger partial charge in [-0.15, -0.1) is 0 Å². The van der Waals surface area contributed by atoms with Crippen LogP contribution in [0.15, 0.2) is 53.7 Å². The molecular weight excluding hydrogens is 146 g/mol. The second-order valence-electron chi connectivity index (χ2n) is 2.54. The Morgan fingerprint density at radius 3 is 2.83 bits per heavy atom. The van der Waals surface area contributed by atoms with Crippen molar-refractivity contribution in [2.45, 2.75) is 6.92 Å². The molecule has 0 aromatic heterocycles. The molecule has 0 unspecified atom stereocenters. The molecule has 0 atom stereocenters. The van der Waals surface area contributed by atoms with Crippen molar-refractivity contribution in [2.75, 3.05) is 0 Å². The highest BCUT2D eigenvalue weighted by molar-refractivity contribution is 6.05. The van der Waals surface area contributed by atoms with Gasteiger partial charge in [0.15, 0.2) is 0 Å². The maximum Gasteiger partial charge on any atom is 0.0482 e. The van der Waals surface area contributed by atoms with Crippen LogP contribution in [0.4, 0.5) is 0 Å². The Balaban J connectivity index is 2.58. The van der Waals surface area contributed by atoms with Crippen LogP contribution in [0.3, 0.4) is 0 Å². The fourth-order valence-electron chi connectivity index (χ4n) is 0.821. The van der Waals surface area contributed by atoms with Gasteiger partial charge < -0.3 is 0 Å². The highest BCUT2D eigenvalue weighted by Crippen LogP contribution is 2.06. The average molecular weight is 158 g/mol. The normalized spacial score (nSPS) is 20.1. The molecule has 1 aliphatic carbocycles. The third-order valence-corrected chi connectivity index (χ3v) is 1.48. The van der Waals surface area contributed by atoms with E-state index < -0.39 is 0 Å². The second-order valence-corrected chi connectivity index (χ2v) is 2.54. The zero-order valence-corrected chi connectivity index (χ0v) is 7.20. The maximum atomic E-state index is 4.19. The summed E-state index contributed by atoms with van der Waals surface area (Å²) in [7, 11) is 0. The lowest BCUT2D eigenvalue weighted by Crippen LogP contribution is -1.96. The van der Waals surface area contributed by atoms with Gasteiger partial charge in [-0.2, -0.15) is 0 Å². The maximum absolute atomic E-state index is 4.19. The Morgan fingerprint density at radius 2 is 2.25 bits per heavy atom. The summed E-state index contributed by atoms with van der Waals surface area (Å²) in [5.74, 6) is 0. The molecule has 0 spiro atoms. The number of hydrogen-bond donors (Lipinski definition) is 0. The summed E-state index contributed by atoms with van der Waals surface area (Å²) < 4.78 is 0. The van der Waals surface area contributed by atoms with E-state index in [1.807, 2.05) is 24.6 Å². The summed E-state index contributed by atoms with van der Waals surface area (Å²) in [5, 5.41) is 0. The standard InChI is InChI=1S/C11H12N/c1-3-4-9-12-11-7-5-10(2)6-8-11/h3-9H,1H2,2H3/b9-4-. The van der Waals surface area contributed by atoms with Crippen LogP contribution in [0.2, 0.25) is 0 Å². The molecule has 0 aliphatic heterocycles. The first-order chi connectivity index (χ1) is 5.83. The summed E-state index contributed by atoms with van der Waals surface area (Å²) >= 11 is 0. The zero-order chi connectivity index (χ0) is 8.81. The average Bonchev–Trinajstić information content (AvgIpc) is 2.09. The van der Waals surface area contributed by atoms with Gasteiger partial charge in [-0.3, -0.25) is 4.99 Å². The van der Waals surface area contributed by atoms with E-state index >= 15 is 0 Å². The minimum Gasteiger partial charge on any atom is -0.261 e. The van der Waals surface area contributed by atoms with Crippen LogP contribution >= 0.6 is 0 Å². The third kappa shape index (κ3) is 2.70. The quantitative estimate of drug-likeness (QED) is 0.548. The minimum absolute atomic E-state index is 0.971. The van der Waals surface area contributed by atoms with Crippen molar-refractivity contribution < 1.29 is 0 Å². The van der Waals surface area contributed by atoms with Crippen molar-refractivity contribution >= 4 is 5.71 Å². The Morgan fingerprint density at radius 1 is 1.42 bits per heavy atom. The lowest BCUT2D eigenvalue weighted by atomic mass is 10.1. The van der Waals surface area contributed by atoms with Crippen molar-refractivity contribution in [3.05, 3.63) is 55.2 Å². The first kappa shape index (κ1) is 8.72. The Bertz CT molecular complexity index is 277. The highest BCUT2D eigenvalue weighted by Gasteiger charge is 1.96. The molecule has 0 aromatic rings. The van der Waals surface area contributed by atoms with Crippen LogP contribution in [-0.2, 0) is 0 Å². The van der Waals surface area contributed by atoms with Crippen LogP contribution in [0, 0.1) is 6.42 Å². The Labute approximate surface area is 73.5 Å². The van der Waals surface area contributed by atoms with E-state index in [4.69, 9.17) is 0 Å². The molecule has 1 nitrogen and oxygen atoms in total. The topological polar surface area (TPSA) is 12.4 Å². The van der Waals surface area contributed by atoms with Gasteiger partial charge in [-0.1, -0.05) is 30.4 Å². The van der Waals surface area contributed by atoms with Crippen molar-refractivity contribution in [2.24, 2.45) is 4.99 Å². The largest absolute Gasteiger partial charge is 0.261 e.